The van der Waals surface area contributed by atoms with E-state index < -0.39 is 0 Å². The van der Waals surface area contributed by atoms with Gasteiger partial charge < -0.3 is 4.90 Å². The van der Waals surface area contributed by atoms with Crippen LogP contribution in [-0.2, 0) is 11.8 Å². The van der Waals surface area contributed by atoms with Gasteiger partial charge in [-0.1, -0.05) is 13.3 Å². The molecule has 0 saturated carbocycles. The Morgan fingerprint density at radius 1 is 1.31 bits per heavy atom. The summed E-state index contributed by atoms with van der Waals surface area (Å²) < 4.78 is 1.57. The van der Waals surface area contributed by atoms with Crippen LogP contribution >= 0.6 is 0 Å². The number of unbranched alkanes of at least 4 members (excludes halogenated alkanes) is 1. The molecule has 1 fully saturated rings. The van der Waals surface area contributed by atoms with Gasteiger partial charge in [0, 0.05) is 56.5 Å². The SMILES string of the molecule is CCCCC(=O)C1CCCN(c2nc(-c3ccncc3)cc(=O)n2C)C1. The molecule has 1 aliphatic rings. The van der Waals surface area contributed by atoms with E-state index in [1.54, 1.807) is 30.1 Å². The molecule has 0 N–H and O–H groups in total. The first-order chi connectivity index (χ1) is 12.6. The Balaban J connectivity index is 1.87. The lowest BCUT2D eigenvalue weighted by Crippen LogP contribution is -2.41. The molecule has 2 aromatic heterocycles. The van der Waals surface area contributed by atoms with Crippen LogP contribution in [0.25, 0.3) is 11.3 Å². The van der Waals surface area contributed by atoms with Crippen LogP contribution in [0.5, 0.6) is 0 Å². The van der Waals surface area contributed by atoms with E-state index in [9.17, 15) is 9.59 Å². The fourth-order valence-corrected chi connectivity index (χ4v) is 3.46. The fraction of sp³-hybridized carbons (Fsp3) is 0.500. The van der Waals surface area contributed by atoms with Gasteiger partial charge in [0.2, 0.25) is 5.95 Å². The summed E-state index contributed by atoms with van der Waals surface area (Å²) in [4.78, 5) is 35.7. The zero-order chi connectivity index (χ0) is 18.5. The zero-order valence-corrected chi connectivity index (χ0v) is 15.5. The monoisotopic (exact) mass is 354 g/mol. The molecule has 3 rings (SSSR count). The van der Waals surface area contributed by atoms with Gasteiger partial charge in [-0.25, -0.2) is 4.98 Å². The predicted octanol–water partition coefficient (Wildman–Crippen LogP) is 2.82. The van der Waals surface area contributed by atoms with Crippen molar-refractivity contribution in [2.75, 3.05) is 18.0 Å². The molecular weight excluding hydrogens is 328 g/mol. The average Bonchev–Trinajstić information content (AvgIpc) is 2.68. The maximum Gasteiger partial charge on any atom is 0.255 e. The number of hydrogen-bond donors (Lipinski definition) is 0. The second-order valence-corrected chi connectivity index (χ2v) is 6.93. The number of aromatic nitrogens is 3. The van der Waals surface area contributed by atoms with E-state index >= 15 is 0 Å². The Morgan fingerprint density at radius 3 is 2.81 bits per heavy atom. The molecule has 1 aliphatic heterocycles. The van der Waals surface area contributed by atoms with Crippen molar-refractivity contribution in [2.24, 2.45) is 13.0 Å². The Morgan fingerprint density at radius 2 is 2.08 bits per heavy atom. The van der Waals surface area contributed by atoms with E-state index in [4.69, 9.17) is 4.98 Å². The van der Waals surface area contributed by atoms with Gasteiger partial charge in [0.15, 0.2) is 0 Å². The van der Waals surface area contributed by atoms with Gasteiger partial charge in [0.05, 0.1) is 5.69 Å². The minimum Gasteiger partial charge on any atom is -0.341 e. The first-order valence-corrected chi connectivity index (χ1v) is 9.36. The molecule has 3 heterocycles. The molecule has 0 aliphatic carbocycles. The van der Waals surface area contributed by atoms with Gasteiger partial charge in [-0.15, -0.1) is 0 Å². The van der Waals surface area contributed by atoms with Crippen molar-refractivity contribution in [3.05, 3.63) is 40.9 Å². The smallest absolute Gasteiger partial charge is 0.255 e. The van der Waals surface area contributed by atoms with E-state index in [0.29, 0.717) is 30.4 Å². The molecule has 0 bridgehead atoms. The maximum absolute atomic E-state index is 12.5. The normalized spacial score (nSPS) is 17.3. The first-order valence-electron chi connectivity index (χ1n) is 9.36. The Bertz CT molecular complexity index is 816. The number of nitrogens with zero attached hydrogens (tertiary/aromatic N) is 4. The highest BCUT2D eigenvalue weighted by atomic mass is 16.1. The van der Waals surface area contributed by atoms with Crippen LogP contribution in [-0.4, -0.2) is 33.4 Å². The number of Topliss-reactive ketones (excluding diaryl/α,β-unsaturated/α-hetero) is 1. The molecule has 1 atom stereocenters. The second kappa shape index (κ2) is 8.25. The summed E-state index contributed by atoms with van der Waals surface area (Å²) in [7, 11) is 1.74. The van der Waals surface area contributed by atoms with Crippen LogP contribution in [0.2, 0.25) is 0 Å². The second-order valence-electron chi connectivity index (χ2n) is 6.93. The lowest BCUT2D eigenvalue weighted by molar-refractivity contribution is -0.123. The van der Waals surface area contributed by atoms with Crippen LogP contribution < -0.4 is 10.5 Å². The van der Waals surface area contributed by atoms with Gasteiger partial charge in [0.1, 0.15) is 5.78 Å². The highest BCUT2D eigenvalue weighted by Gasteiger charge is 2.27. The number of carbonyl (C=O) groups excluding carboxylic acids is 1. The maximum atomic E-state index is 12.5. The van der Waals surface area contributed by atoms with Gasteiger partial charge in [0.25, 0.3) is 5.56 Å². The molecule has 2 aromatic rings. The van der Waals surface area contributed by atoms with E-state index in [2.05, 4.69) is 16.8 Å². The highest BCUT2D eigenvalue weighted by molar-refractivity contribution is 5.81. The minimum atomic E-state index is -0.0961. The molecule has 6 nitrogen and oxygen atoms in total. The highest BCUT2D eigenvalue weighted by Crippen LogP contribution is 2.24. The van der Waals surface area contributed by atoms with Crippen LogP contribution in [0.3, 0.4) is 0 Å². The summed E-state index contributed by atoms with van der Waals surface area (Å²) in [5.74, 6) is 1.01. The summed E-state index contributed by atoms with van der Waals surface area (Å²) in [6.07, 6.45) is 7.89. The summed E-state index contributed by atoms with van der Waals surface area (Å²) in [6, 6.07) is 5.24. The first kappa shape index (κ1) is 18.3. The van der Waals surface area contributed by atoms with Crippen molar-refractivity contribution in [1.29, 1.82) is 0 Å². The third kappa shape index (κ3) is 4.00. The molecule has 1 unspecified atom stereocenters. The van der Waals surface area contributed by atoms with Crippen molar-refractivity contribution in [3.63, 3.8) is 0 Å². The van der Waals surface area contributed by atoms with E-state index in [0.717, 1.165) is 37.8 Å². The third-order valence-corrected chi connectivity index (χ3v) is 5.02. The van der Waals surface area contributed by atoms with Crippen molar-refractivity contribution < 1.29 is 4.79 Å². The summed E-state index contributed by atoms with van der Waals surface area (Å²) in [5.41, 5.74) is 1.41. The topological polar surface area (TPSA) is 68.1 Å². The van der Waals surface area contributed by atoms with Crippen molar-refractivity contribution in [3.8, 4) is 11.3 Å². The number of ketones is 1. The number of rotatable bonds is 6. The molecule has 0 aromatic carbocycles. The lowest BCUT2D eigenvalue weighted by atomic mass is 9.91. The number of piperidine rings is 1. The molecule has 138 valence electrons. The predicted molar refractivity (Wildman–Crippen MR) is 102 cm³/mol. The number of pyridine rings is 1. The van der Waals surface area contributed by atoms with Crippen LogP contribution in [0.1, 0.15) is 39.0 Å². The Labute approximate surface area is 153 Å². The van der Waals surface area contributed by atoms with Crippen LogP contribution in [0.15, 0.2) is 35.4 Å². The molecule has 1 saturated heterocycles. The molecule has 0 radical (unpaired) electrons. The summed E-state index contributed by atoms with van der Waals surface area (Å²) in [5, 5.41) is 0. The molecule has 0 spiro atoms. The summed E-state index contributed by atoms with van der Waals surface area (Å²) >= 11 is 0. The van der Waals surface area contributed by atoms with Crippen LogP contribution in [0.4, 0.5) is 5.95 Å². The number of anilines is 1. The van der Waals surface area contributed by atoms with E-state index in [1.165, 1.54) is 0 Å². The molecule has 0 amide bonds. The lowest BCUT2D eigenvalue weighted by Gasteiger charge is -2.33. The number of carbonyl (C=O) groups is 1. The Kier molecular flexibility index (Phi) is 5.81. The van der Waals surface area contributed by atoms with Crippen molar-refractivity contribution in [1.82, 2.24) is 14.5 Å². The zero-order valence-electron chi connectivity index (χ0n) is 15.5. The summed E-state index contributed by atoms with van der Waals surface area (Å²) in [6.45, 7) is 3.56. The Hall–Kier alpha value is -2.50. The molecular formula is C20H26N4O2. The van der Waals surface area contributed by atoms with Gasteiger partial charge in [-0.3, -0.25) is 19.1 Å². The fourth-order valence-electron chi connectivity index (χ4n) is 3.46. The largest absolute Gasteiger partial charge is 0.341 e. The molecule has 6 heteroatoms. The minimum absolute atomic E-state index is 0.0387. The quantitative estimate of drug-likeness (QED) is 0.798. The third-order valence-electron chi connectivity index (χ3n) is 5.02. The van der Waals surface area contributed by atoms with Gasteiger partial charge in [-0.05, 0) is 31.4 Å². The van der Waals surface area contributed by atoms with Gasteiger partial charge in [-0.2, -0.15) is 0 Å². The standard InChI is InChI=1S/C20H26N4O2/c1-3-4-7-18(25)16-6-5-12-24(14-16)20-22-17(13-19(26)23(20)2)15-8-10-21-11-9-15/h8-11,13,16H,3-7,12,14H2,1-2H3. The van der Waals surface area contributed by atoms with E-state index in [1.807, 2.05) is 12.1 Å². The van der Waals surface area contributed by atoms with Crippen molar-refractivity contribution in [2.45, 2.75) is 39.0 Å². The van der Waals surface area contributed by atoms with Gasteiger partial charge >= 0.3 is 0 Å². The number of hydrogen-bond acceptors (Lipinski definition) is 5. The molecule has 26 heavy (non-hydrogen) atoms. The van der Waals surface area contributed by atoms with Crippen molar-refractivity contribution >= 4 is 11.7 Å². The average molecular weight is 354 g/mol. The van der Waals surface area contributed by atoms with E-state index in [-0.39, 0.29) is 11.5 Å². The van der Waals surface area contributed by atoms with Crippen LogP contribution in [0, 0.1) is 5.92 Å².